The maximum atomic E-state index is 13.1. The van der Waals surface area contributed by atoms with Gasteiger partial charge in [0.2, 0.25) is 5.82 Å². The van der Waals surface area contributed by atoms with Crippen molar-refractivity contribution in [2.45, 2.75) is 12.5 Å². The lowest BCUT2D eigenvalue weighted by molar-refractivity contribution is 0.137. The summed E-state index contributed by atoms with van der Waals surface area (Å²) in [4.78, 5) is 0. The Morgan fingerprint density at radius 3 is 2.26 bits per heavy atom. The Labute approximate surface area is 158 Å². The normalized spacial score (nSPS) is 12.4. The van der Waals surface area contributed by atoms with Crippen LogP contribution in [0.5, 0.6) is 0 Å². The third kappa shape index (κ3) is 3.59. The Bertz CT molecular complexity index is 1050. The first-order chi connectivity index (χ1) is 13.1. The molecule has 2 aromatic heterocycles. The molecule has 0 aliphatic heterocycles. The van der Waals surface area contributed by atoms with Crippen LogP contribution in [0, 0.1) is 0 Å². The molecular formula is C19H14ClF2N5. The van der Waals surface area contributed by atoms with E-state index in [4.69, 9.17) is 11.6 Å². The number of nitrogens with one attached hydrogen (secondary N) is 1. The molecule has 5 nitrogen and oxygen atoms in total. The summed E-state index contributed by atoms with van der Waals surface area (Å²) < 4.78 is 27.2. The van der Waals surface area contributed by atoms with Crippen LogP contribution in [0.2, 0.25) is 5.02 Å². The van der Waals surface area contributed by atoms with E-state index in [1.54, 1.807) is 24.3 Å². The maximum Gasteiger partial charge on any atom is 0.299 e. The molecule has 2 aromatic carbocycles. The Morgan fingerprint density at radius 1 is 0.852 bits per heavy atom. The average molecular weight is 386 g/mol. The summed E-state index contributed by atoms with van der Waals surface area (Å²) in [5.41, 5.74) is 2.23. The Hall–Kier alpha value is -3.06. The van der Waals surface area contributed by atoms with Crippen molar-refractivity contribution in [2.24, 2.45) is 0 Å². The molecule has 0 saturated carbocycles. The van der Waals surface area contributed by atoms with Gasteiger partial charge in [0.05, 0.1) is 6.04 Å². The SMILES string of the molecule is FC(F)c1nnc2ccc(NC(c3ccccc3)c3ccc(Cl)cc3)nn12. The van der Waals surface area contributed by atoms with Gasteiger partial charge in [0.1, 0.15) is 5.82 Å². The highest BCUT2D eigenvalue weighted by molar-refractivity contribution is 6.30. The smallest absolute Gasteiger partial charge is 0.299 e. The number of anilines is 1. The molecule has 8 heteroatoms. The predicted molar refractivity (Wildman–Crippen MR) is 99.1 cm³/mol. The van der Waals surface area contributed by atoms with Crippen molar-refractivity contribution >= 4 is 23.1 Å². The predicted octanol–water partition coefficient (Wildman–Crippen LogP) is 4.92. The van der Waals surface area contributed by atoms with Crippen LogP contribution in [0.25, 0.3) is 5.65 Å². The first-order valence-corrected chi connectivity index (χ1v) is 8.57. The second-order valence-corrected chi connectivity index (χ2v) is 6.32. The number of alkyl halides is 2. The van der Waals surface area contributed by atoms with Crippen molar-refractivity contribution in [1.82, 2.24) is 19.8 Å². The summed E-state index contributed by atoms with van der Waals surface area (Å²) in [5.74, 6) is -0.0654. The molecule has 1 atom stereocenters. The molecule has 1 N–H and O–H groups in total. The highest BCUT2D eigenvalue weighted by Gasteiger charge is 2.19. The number of fused-ring (bicyclic) bond motifs is 1. The zero-order valence-corrected chi connectivity index (χ0v) is 14.7. The largest absolute Gasteiger partial charge is 0.358 e. The standard InChI is InChI=1S/C19H14ClF2N5/c20-14-8-6-13(7-9-14)17(12-4-2-1-3-5-12)23-15-10-11-16-24-25-19(18(21)22)27(16)26-15/h1-11,17-18H,(H,23,26). The van der Waals surface area contributed by atoms with Gasteiger partial charge < -0.3 is 5.32 Å². The number of benzene rings is 2. The van der Waals surface area contributed by atoms with Gasteiger partial charge in [-0.05, 0) is 35.4 Å². The van der Waals surface area contributed by atoms with Crippen molar-refractivity contribution in [1.29, 1.82) is 0 Å². The summed E-state index contributed by atoms with van der Waals surface area (Å²) in [7, 11) is 0. The summed E-state index contributed by atoms with van der Waals surface area (Å²) >= 11 is 6.00. The van der Waals surface area contributed by atoms with Gasteiger partial charge in [-0.1, -0.05) is 54.1 Å². The maximum absolute atomic E-state index is 13.1. The van der Waals surface area contributed by atoms with Crippen LogP contribution in [0.4, 0.5) is 14.6 Å². The minimum atomic E-state index is -2.76. The molecule has 0 fully saturated rings. The molecule has 2 heterocycles. The van der Waals surface area contributed by atoms with Gasteiger partial charge in [-0.2, -0.15) is 4.52 Å². The molecule has 0 aliphatic carbocycles. The van der Waals surface area contributed by atoms with Gasteiger partial charge in [-0.25, -0.2) is 8.78 Å². The number of halogens is 3. The molecule has 4 aromatic rings. The van der Waals surface area contributed by atoms with Crippen molar-refractivity contribution in [2.75, 3.05) is 5.32 Å². The summed E-state index contributed by atoms with van der Waals surface area (Å²) in [6.07, 6.45) is -2.76. The number of nitrogens with zero attached hydrogens (tertiary/aromatic N) is 4. The number of hydrogen-bond donors (Lipinski definition) is 1. The van der Waals surface area contributed by atoms with E-state index in [0.29, 0.717) is 10.8 Å². The van der Waals surface area contributed by atoms with Crippen LogP contribution in [0.3, 0.4) is 0 Å². The van der Waals surface area contributed by atoms with Gasteiger partial charge in [0.15, 0.2) is 5.65 Å². The second-order valence-electron chi connectivity index (χ2n) is 5.89. The molecule has 1 unspecified atom stereocenters. The third-order valence-corrected chi connectivity index (χ3v) is 4.36. The highest BCUT2D eigenvalue weighted by atomic mass is 35.5. The Balaban J connectivity index is 1.74. The molecule has 136 valence electrons. The lowest BCUT2D eigenvalue weighted by Crippen LogP contribution is -2.14. The number of aromatic nitrogens is 4. The number of hydrogen-bond acceptors (Lipinski definition) is 4. The van der Waals surface area contributed by atoms with Crippen molar-refractivity contribution in [3.63, 3.8) is 0 Å². The van der Waals surface area contributed by atoms with Crippen LogP contribution >= 0.6 is 11.6 Å². The van der Waals surface area contributed by atoms with Gasteiger partial charge in [-0.3, -0.25) is 0 Å². The molecule has 27 heavy (non-hydrogen) atoms. The monoisotopic (exact) mass is 385 g/mol. The first-order valence-electron chi connectivity index (χ1n) is 8.19. The molecule has 0 radical (unpaired) electrons. The van der Waals surface area contributed by atoms with E-state index in [2.05, 4.69) is 20.6 Å². The zero-order chi connectivity index (χ0) is 18.8. The topological polar surface area (TPSA) is 55.1 Å². The quantitative estimate of drug-likeness (QED) is 0.530. The van der Waals surface area contributed by atoms with E-state index in [1.165, 1.54) is 0 Å². The Kier molecular flexibility index (Phi) is 4.68. The van der Waals surface area contributed by atoms with Gasteiger partial charge in [0, 0.05) is 5.02 Å². The second kappa shape index (κ2) is 7.28. The molecule has 0 amide bonds. The molecule has 0 aliphatic rings. The van der Waals surface area contributed by atoms with Crippen LogP contribution in [0.15, 0.2) is 66.7 Å². The van der Waals surface area contributed by atoms with E-state index in [1.807, 2.05) is 42.5 Å². The van der Waals surface area contributed by atoms with Crippen LogP contribution in [0.1, 0.15) is 29.4 Å². The van der Waals surface area contributed by atoms with Crippen molar-refractivity contribution in [3.05, 3.63) is 88.7 Å². The van der Waals surface area contributed by atoms with E-state index in [9.17, 15) is 8.78 Å². The van der Waals surface area contributed by atoms with E-state index < -0.39 is 12.2 Å². The number of rotatable bonds is 5. The fourth-order valence-corrected chi connectivity index (χ4v) is 2.95. The lowest BCUT2D eigenvalue weighted by Gasteiger charge is -2.20. The summed E-state index contributed by atoms with van der Waals surface area (Å²) in [5, 5.41) is 15.4. The molecule has 0 saturated heterocycles. The third-order valence-electron chi connectivity index (χ3n) is 4.11. The lowest BCUT2D eigenvalue weighted by atomic mass is 9.99. The van der Waals surface area contributed by atoms with Gasteiger partial charge in [0.25, 0.3) is 6.43 Å². The van der Waals surface area contributed by atoms with E-state index in [0.717, 1.165) is 15.6 Å². The van der Waals surface area contributed by atoms with Crippen molar-refractivity contribution in [3.8, 4) is 0 Å². The molecular weight excluding hydrogens is 372 g/mol. The van der Waals surface area contributed by atoms with Gasteiger partial charge in [-0.15, -0.1) is 15.3 Å². The minimum Gasteiger partial charge on any atom is -0.358 e. The van der Waals surface area contributed by atoms with Crippen LogP contribution in [-0.2, 0) is 0 Å². The fraction of sp³-hybridized carbons (Fsp3) is 0.105. The fourth-order valence-electron chi connectivity index (χ4n) is 2.83. The zero-order valence-electron chi connectivity index (χ0n) is 13.9. The molecule has 4 rings (SSSR count). The summed E-state index contributed by atoms with van der Waals surface area (Å²) in [6, 6.07) is 20.2. The average Bonchev–Trinajstić information content (AvgIpc) is 3.11. The van der Waals surface area contributed by atoms with Crippen LogP contribution < -0.4 is 5.32 Å². The van der Waals surface area contributed by atoms with Gasteiger partial charge >= 0.3 is 0 Å². The van der Waals surface area contributed by atoms with E-state index in [-0.39, 0.29) is 11.7 Å². The first kappa shape index (κ1) is 17.4. The Morgan fingerprint density at radius 2 is 1.56 bits per heavy atom. The molecule has 0 bridgehead atoms. The molecule has 0 spiro atoms. The minimum absolute atomic E-state index is 0.236. The highest BCUT2D eigenvalue weighted by Crippen LogP contribution is 2.27. The summed E-state index contributed by atoms with van der Waals surface area (Å²) in [6.45, 7) is 0. The van der Waals surface area contributed by atoms with Crippen molar-refractivity contribution < 1.29 is 8.78 Å². The van der Waals surface area contributed by atoms with Crippen LogP contribution in [-0.4, -0.2) is 19.8 Å². The van der Waals surface area contributed by atoms with E-state index >= 15 is 0 Å².